The summed E-state index contributed by atoms with van der Waals surface area (Å²) in [5.41, 5.74) is 0. The van der Waals surface area contributed by atoms with E-state index in [9.17, 15) is 0 Å². The molecule has 18 heavy (non-hydrogen) atoms. The number of hydrogen-bond acceptors (Lipinski definition) is 5. The van der Waals surface area contributed by atoms with Crippen LogP contribution in [-0.4, -0.2) is 32.8 Å². The zero-order valence-corrected chi connectivity index (χ0v) is 10.9. The van der Waals surface area contributed by atoms with Gasteiger partial charge in [0.15, 0.2) is 0 Å². The molecule has 0 aliphatic heterocycles. The zero-order chi connectivity index (χ0) is 13.0. The molecule has 0 radical (unpaired) electrons. The molecule has 2 aromatic heterocycles. The predicted octanol–water partition coefficient (Wildman–Crippen LogP) is 1.52. The van der Waals surface area contributed by atoms with Gasteiger partial charge in [0, 0.05) is 31.5 Å². The Kier molecular flexibility index (Phi) is 3.76. The second-order valence-corrected chi connectivity index (χ2v) is 4.21. The van der Waals surface area contributed by atoms with E-state index in [0.29, 0.717) is 0 Å². The lowest BCUT2D eigenvalue weighted by Crippen LogP contribution is -2.23. The van der Waals surface area contributed by atoms with Gasteiger partial charge in [-0.05, 0) is 19.9 Å². The second-order valence-electron chi connectivity index (χ2n) is 4.21. The van der Waals surface area contributed by atoms with Gasteiger partial charge in [-0.3, -0.25) is 4.68 Å². The van der Waals surface area contributed by atoms with Crippen molar-refractivity contribution in [2.24, 2.45) is 0 Å². The average Bonchev–Trinajstić information content (AvgIpc) is 2.80. The van der Waals surface area contributed by atoms with Crippen molar-refractivity contribution in [3.05, 3.63) is 30.4 Å². The highest BCUT2D eigenvalue weighted by molar-refractivity contribution is 5.47. The molecule has 0 amide bonds. The van der Waals surface area contributed by atoms with Crippen molar-refractivity contribution in [3.8, 4) is 0 Å². The van der Waals surface area contributed by atoms with E-state index in [1.807, 2.05) is 37.0 Å². The minimum absolute atomic E-state index is 0.240. The second kappa shape index (κ2) is 5.48. The monoisotopic (exact) mass is 246 g/mol. The molecule has 6 heteroatoms. The standard InChI is InChI=1S/C12H18N6/c1-9(8-18-6-4-5-14-18)15-12-7-11(13-3)16-10(2)17-12/h4-7,9H,8H2,1-3H3,(H2,13,15,16,17). The number of hydrogen-bond donors (Lipinski definition) is 2. The van der Waals surface area contributed by atoms with Crippen LogP contribution in [0.4, 0.5) is 11.6 Å². The maximum Gasteiger partial charge on any atom is 0.132 e. The molecule has 2 N–H and O–H groups in total. The Morgan fingerprint density at radius 3 is 2.78 bits per heavy atom. The molecule has 0 aliphatic rings. The van der Waals surface area contributed by atoms with Crippen LogP contribution in [0.5, 0.6) is 0 Å². The molecule has 0 bridgehead atoms. The Morgan fingerprint density at radius 2 is 2.11 bits per heavy atom. The third-order valence-corrected chi connectivity index (χ3v) is 2.51. The summed E-state index contributed by atoms with van der Waals surface area (Å²) in [5.74, 6) is 2.39. The molecule has 96 valence electrons. The van der Waals surface area contributed by atoms with Gasteiger partial charge < -0.3 is 10.6 Å². The van der Waals surface area contributed by atoms with Gasteiger partial charge in [-0.1, -0.05) is 0 Å². The van der Waals surface area contributed by atoms with Gasteiger partial charge in [-0.25, -0.2) is 9.97 Å². The number of rotatable bonds is 5. The van der Waals surface area contributed by atoms with Crippen LogP contribution in [0.2, 0.25) is 0 Å². The van der Waals surface area contributed by atoms with Gasteiger partial charge >= 0.3 is 0 Å². The fourth-order valence-electron chi connectivity index (χ4n) is 1.76. The number of aromatic nitrogens is 4. The molecular formula is C12H18N6. The molecule has 2 rings (SSSR count). The number of anilines is 2. The van der Waals surface area contributed by atoms with Crippen LogP contribution in [0.25, 0.3) is 0 Å². The fraction of sp³-hybridized carbons (Fsp3) is 0.417. The molecule has 0 aromatic carbocycles. The molecule has 0 saturated carbocycles. The average molecular weight is 246 g/mol. The molecule has 1 unspecified atom stereocenters. The van der Waals surface area contributed by atoms with Crippen molar-refractivity contribution in [2.45, 2.75) is 26.4 Å². The minimum Gasteiger partial charge on any atom is -0.373 e. The summed E-state index contributed by atoms with van der Waals surface area (Å²) >= 11 is 0. The summed E-state index contributed by atoms with van der Waals surface area (Å²) in [6, 6.07) is 4.05. The molecule has 0 aliphatic carbocycles. The molecular weight excluding hydrogens is 228 g/mol. The first-order chi connectivity index (χ1) is 8.67. The minimum atomic E-state index is 0.240. The Balaban J connectivity index is 2.02. The molecule has 1 atom stereocenters. The highest BCUT2D eigenvalue weighted by Gasteiger charge is 2.06. The van der Waals surface area contributed by atoms with Gasteiger partial charge in [0.1, 0.15) is 17.5 Å². The number of nitrogens with zero attached hydrogens (tertiary/aromatic N) is 4. The lowest BCUT2D eigenvalue weighted by atomic mass is 10.3. The number of aryl methyl sites for hydroxylation is 1. The van der Waals surface area contributed by atoms with Crippen LogP contribution in [0.3, 0.4) is 0 Å². The summed E-state index contributed by atoms with van der Waals surface area (Å²) in [5, 5.41) is 10.5. The first kappa shape index (κ1) is 12.3. The van der Waals surface area contributed by atoms with Crippen LogP contribution in [-0.2, 0) is 6.54 Å². The van der Waals surface area contributed by atoms with Gasteiger partial charge in [-0.15, -0.1) is 0 Å². The molecule has 0 saturated heterocycles. The molecule has 2 heterocycles. The smallest absolute Gasteiger partial charge is 0.132 e. The molecule has 0 spiro atoms. The van der Waals surface area contributed by atoms with Crippen molar-refractivity contribution in [1.82, 2.24) is 19.7 Å². The molecule has 2 aromatic rings. The van der Waals surface area contributed by atoms with Crippen LogP contribution < -0.4 is 10.6 Å². The van der Waals surface area contributed by atoms with Crippen LogP contribution in [0.1, 0.15) is 12.7 Å². The fourth-order valence-corrected chi connectivity index (χ4v) is 1.76. The summed E-state index contributed by atoms with van der Waals surface area (Å²) in [6.07, 6.45) is 3.73. The highest BCUT2D eigenvalue weighted by Crippen LogP contribution is 2.11. The Bertz CT molecular complexity index is 493. The van der Waals surface area contributed by atoms with E-state index in [-0.39, 0.29) is 6.04 Å². The third kappa shape index (κ3) is 3.19. The van der Waals surface area contributed by atoms with E-state index in [1.54, 1.807) is 6.20 Å². The Labute approximate surface area is 106 Å². The zero-order valence-electron chi connectivity index (χ0n) is 10.9. The summed E-state index contributed by atoms with van der Waals surface area (Å²) < 4.78 is 1.89. The van der Waals surface area contributed by atoms with Crippen molar-refractivity contribution < 1.29 is 0 Å². The van der Waals surface area contributed by atoms with E-state index >= 15 is 0 Å². The van der Waals surface area contributed by atoms with Crippen molar-refractivity contribution in [2.75, 3.05) is 17.7 Å². The maximum atomic E-state index is 4.36. The van der Waals surface area contributed by atoms with Crippen molar-refractivity contribution in [1.29, 1.82) is 0 Å². The maximum absolute atomic E-state index is 4.36. The van der Waals surface area contributed by atoms with E-state index in [0.717, 1.165) is 24.0 Å². The lowest BCUT2D eigenvalue weighted by Gasteiger charge is -2.15. The normalized spacial score (nSPS) is 12.2. The van der Waals surface area contributed by atoms with Crippen LogP contribution in [0.15, 0.2) is 24.5 Å². The van der Waals surface area contributed by atoms with Gasteiger partial charge in [-0.2, -0.15) is 5.10 Å². The largest absolute Gasteiger partial charge is 0.373 e. The van der Waals surface area contributed by atoms with Crippen LogP contribution >= 0.6 is 0 Å². The molecule has 0 fully saturated rings. The van der Waals surface area contributed by atoms with Gasteiger partial charge in [0.2, 0.25) is 0 Å². The Hall–Kier alpha value is -2.11. The topological polar surface area (TPSA) is 67.7 Å². The highest BCUT2D eigenvalue weighted by atomic mass is 15.3. The van der Waals surface area contributed by atoms with Crippen molar-refractivity contribution in [3.63, 3.8) is 0 Å². The van der Waals surface area contributed by atoms with Gasteiger partial charge in [0.05, 0.1) is 6.54 Å². The third-order valence-electron chi connectivity index (χ3n) is 2.51. The lowest BCUT2D eigenvalue weighted by molar-refractivity contribution is 0.559. The summed E-state index contributed by atoms with van der Waals surface area (Å²) in [7, 11) is 1.85. The Morgan fingerprint density at radius 1 is 1.33 bits per heavy atom. The SMILES string of the molecule is CNc1cc(NC(C)Cn2cccn2)nc(C)n1. The predicted molar refractivity (Wildman–Crippen MR) is 71.6 cm³/mol. The van der Waals surface area contributed by atoms with E-state index in [4.69, 9.17) is 0 Å². The summed E-state index contributed by atoms with van der Waals surface area (Å²) in [6.45, 7) is 4.77. The quantitative estimate of drug-likeness (QED) is 0.837. The molecule has 6 nitrogen and oxygen atoms in total. The van der Waals surface area contributed by atoms with E-state index in [2.05, 4.69) is 32.6 Å². The first-order valence-corrected chi connectivity index (χ1v) is 5.95. The van der Waals surface area contributed by atoms with Crippen molar-refractivity contribution >= 4 is 11.6 Å². The number of nitrogens with one attached hydrogen (secondary N) is 2. The summed E-state index contributed by atoms with van der Waals surface area (Å²) in [4.78, 5) is 8.61. The van der Waals surface area contributed by atoms with E-state index < -0.39 is 0 Å². The van der Waals surface area contributed by atoms with Crippen LogP contribution in [0, 0.1) is 6.92 Å². The van der Waals surface area contributed by atoms with E-state index in [1.165, 1.54) is 0 Å². The van der Waals surface area contributed by atoms with Gasteiger partial charge in [0.25, 0.3) is 0 Å². The first-order valence-electron chi connectivity index (χ1n) is 5.95.